The lowest BCUT2D eigenvalue weighted by molar-refractivity contribution is -0.138. The van der Waals surface area contributed by atoms with E-state index in [-0.39, 0.29) is 30.8 Å². The van der Waals surface area contributed by atoms with E-state index < -0.39 is 17.1 Å². The van der Waals surface area contributed by atoms with E-state index >= 15 is 0 Å². The average molecular weight is 405 g/mol. The second-order valence-electron chi connectivity index (χ2n) is 6.48. The zero-order valence-corrected chi connectivity index (χ0v) is 16.7. The Hall–Kier alpha value is -2.88. The minimum absolute atomic E-state index is 0.0846. The number of carboxylic acids is 1. The van der Waals surface area contributed by atoms with E-state index in [1.165, 1.54) is 16.7 Å². The van der Waals surface area contributed by atoms with Gasteiger partial charge in [-0.2, -0.15) is 4.99 Å². The smallest absolute Gasteiger partial charge is 0.305 e. The van der Waals surface area contributed by atoms with Crippen molar-refractivity contribution in [1.82, 2.24) is 9.80 Å². The molecule has 2 unspecified atom stereocenters. The first-order chi connectivity index (χ1) is 13.1. The first kappa shape index (κ1) is 21.4. The predicted molar refractivity (Wildman–Crippen MR) is 108 cm³/mol. The molecular weight excluding hydrogens is 382 g/mol. The van der Waals surface area contributed by atoms with E-state index in [2.05, 4.69) is 4.99 Å². The van der Waals surface area contributed by atoms with E-state index in [1.807, 2.05) is 6.92 Å². The number of hydrogen-bond acceptors (Lipinski definition) is 5. The van der Waals surface area contributed by atoms with Crippen LogP contribution in [0.4, 0.5) is 0 Å². The highest BCUT2D eigenvalue weighted by Crippen LogP contribution is 2.32. The predicted octanol–water partition coefficient (Wildman–Crippen LogP) is 0.836. The van der Waals surface area contributed by atoms with Crippen LogP contribution in [0.25, 0.3) is 0 Å². The van der Waals surface area contributed by atoms with E-state index in [9.17, 15) is 14.4 Å². The lowest BCUT2D eigenvalue weighted by Gasteiger charge is -2.23. The number of carbonyl (C=O) groups is 3. The van der Waals surface area contributed by atoms with Crippen LogP contribution in [0.2, 0.25) is 0 Å². The van der Waals surface area contributed by atoms with Crippen LogP contribution in [0.1, 0.15) is 29.3 Å². The fourth-order valence-corrected chi connectivity index (χ4v) is 3.92. The Morgan fingerprint density at radius 2 is 1.86 bits per heavy atom. The summed E-state index contributed by atoms with van der Waals surface area (Å²) in [5, 5.41) is 16.1. The summed E-state index contributed by atoms with van der Waals surface area (Å²) in [4.78, 5) is 43.1. The fraction of sp³-hybridized carbons (Fsp3) is 0.389. The summed E-state index contributed by atoms with van der Waals surface area (Å²) in [5.41, 5.74) is 6.27. The Morgan fingerprint density at radius 3 is 2.39 bits per heavy atom. The summed E-state index contributed by atoms with van der Waals surface area (Å²) in [5.74, 6) is -1.70. The Labute approximate surface area is 167 Å². The van der Waals surface area contributed by atoms with Crippen molar-refractivity contribution in [2.45, 2.75) is 24.6 Å². The van der Waals surface area contributed by atoms with Crippen LogP contribution in [0.15, 0.2) is 29.3 Å². The van der Waals surface area contributed by atoms with E-state index in [0.717, 1.165) is 0 Å². The monoisotopic (exact) mass is 405 g/mol. The van der Waals surface area contributed by atoms with Crippen molar-refractivity contribution < 1.29 is 19.5 Å². The van der Waals surface area contributed by atoms with Crippen LogP contribution in [-0.2, 0) is 9.59 Å². The van der Waals surface area contributed by atoms with Gasteiger partial charge in [-0.3, -0.25) is 19.8 Å². The number of nitrogens with zero attached hydrogens (tertiary/aromatic N) is 3. The van der Waals surface area contributed by atoms with Gasteiger partial charge < -0.3 is 20.6 Å². The van der Waals surface area contributed by atoms with E-state index in [0.29, 0.717) is 16.3 Å². The molecule has 4 N–H and O–H groups in total. The minimum atomic E-state index is -0.965. The van der Waals surface area contributed by atoms with Gasteiger partial charge >= 0.3 is 5.97 Å². The molecule has 0 aliphatic carbocycles. The molecule has 1 heterocycles. The molecule has 0 bridgehead atoms. The third kappa shape index (κ3) is 4.89. The summed E-state index contributed by atoms with van der Waals surface area (Å²) in [6, 6.07) is 6.06. The highest BCUT2D eigenvalue weighted by Gasteiger charge is 2.40. The first-order valence-corrected chi connectivity index (χ1v) is 9.43. The van der Waals surface area contributed by atoms with Crippen molar-refractivity contribution >= 4 is 40.5 Å². The Bertz CT molecular complexity index is 824. The minimum Gasteiger partial charge on any atom is -0.481 e. The van der Waals surface area contributed by atoms with Crippen LogP contribution in [0.3, 0.4) is 0 Å². The zero-order chi connectivity index (χ0) is 21.0. The van der Waals surface area contributed by atoms with Crippen molar-refractivity contribution in [2.75, 3.05) is 20.6 Å². The summed E-state index contributed by atoms with van der Waals surface area (Å²) in [7, 11) is 3.32. The molecule has 28 heavy (non-hydrogen) atoms. The van der Waals surface area contributed by atoms with Crippen LogP contribution < -0.4 is 5.73 Å². The number of carbonyl (C=O) groups excluding carboxylic acids is 2. The third-order valence-electron chi connectivity index (χ3n) is 4.50. The number of amidine groups is 2. The third-order valence-corrected chi connectivity index (χ3v) is 5.94. The van der Waals surface area contributed by atoms with Crippen molar-refractivity contribution in [2.24, 2.45) is 10.7 Å². The van der Waals surface area contributed by atoms with Gasteiger partial charge in [0.25, 0.3) is 5.91 Å². The summed E-state index contributed by atoms with van der Waals surface area (Å²) in [6.07, 6.45) is -0.125. The van der Waals surface area contributed by atoms with Gasteiger partial charge in [0.15, 0.2) is 5.17 Å². The average Bonchev–Trinajstić information content (AvgIpc) is 2.93. The molecular formula is C18H23N5O4S. The highest BCUT2D eigenvalue weighted by molar-refractivity contribution is 8.15. The largest absolute Gasteiger partial charge is 0.481 e. The molecule has 1 aromatic rings. The van der Waals surface area contributed by atoms with Crippen LogP contribution in [0, 0.1) is 5.41 Å². The molecule has 2 rings (SSSR count). The lowest BCUT2D eigenvalue weighted by Crippen LogP contribution is -2.42. The SMILES string of the molecule is CC1C(C(=O)N(C)CCC(=O)O)SC(=NC(=O)c2ccc(C(=N)N)cc2)N1C. The topological polar surface area (TPSA) is 140 Å². The molecule has 1 aliphatic heterocycles. The van der Waals surface area contributed by atoms with Crippen molar-refractivity contribution in [3.05, 3.63) is 35.4 Å². The molecule has 1 fully saturated rings. The van der Waals surface area contributed by atoms with Gasteiger partial charge in [-0.15, -0.1) is 0 Å². The quantitative estimate of drug-likeness (QED) is 0.470. The summed E-state index contributed by atoms with van der Waals surface area (Å²) in [6.45, 7) is 1.98. The number of thioether (sulfide) groups is 1. The first-order valence-electron chi connectivity index (χ1n) is 8.55. The molecule has 150 valence electrons. The van der Waals surface area contributed by atoms with E-state index in [1.54, 1.807) is 43.3 Å². The number of hydrogen-bond donors (Lipinski definition) is 3. The number of aliphatic carboxylic acids is 1. The summed E-state index contributed by atoms with van der Waals surface area (Å²) >= 11 is 1.19. The second-order valence-corrected chi connectivity index (χ2v) is 7.59. The molecule has 0 aromatic heterocycles. The highest BCUT2D eigenvalue weighted by atomic mass is 32.2. The molecule has 1 saturated heterocycles. The van der Waals surface area contributed by atoms with Crippen LogP contribution in [0.5, 0.6) is 0 Å². The number of nitrogens with two attached hydrogens (primary N) is 1. The molecule has 2 atom stereocenters. The maximum Gasteiger partial charge on any atom is 0.305 e. The standard InChI is InChI=1S/C18H23N5O4S/c1-10-14(17(27)22(2)9-8-13(24)25)28-18(23(10)3)21-16(26)12-6-4-11(5-7-12)15(19)20/h4-7,10,14H,8-9H2,1-3H3,(H3,19,20)(H,24,25). The summed E-state index contributed by atoms with van der Waals surface area (Å²) < 4.78 is 0. The van der Waals surface area contributed by atoms with Crippen molar-refractivity contribution in [3.63, 3.8) is 0 Å². The van der Waals surface area contributed by atoms with Gasteiger partial charge in [0.2, 0.25) is 5.91 Å². The normalized spacial score (nSPS) is 20.2. The second kappa shape index (κ2) is 8.87. The van der Waals surface area contributed by atoms with Crippen molar-refractivity contribution in [3.8, 4) is 0 Å². The number of nitrogen functional groups attached to an aromatic ring is 1. The van der Waals surface area contributed by atoms with Crippen LogP contribution >= 0.6 is 11.8 Å². The molecule has 9 nitrogen and oxygen atoms in total. The maximum absolute atomic E-state index is 12.6. The van der Waals surface area contributed by atoms with Gasteiger partial charge in [-0.1, -0.05) is 23.9 Å². The Morgan fingerprint density at radius 1 is 1.29 bits per heavy atom. The Balaban J connectivity index is 2.11. The van der Waals surface area contributed by atoms with Gasteiger partial charge in [0.05, 0.1) is 6.42 Å². The fourth-order valence-electron chi connectivity index (χ4n) is 2.57. The van der Waals surface area contributed by atoms with E-state index in [4.69, 9.17) is 16.2 Å². The number of nitrogens with one attached hydrogen (secondary N) is 1. The number of rotatable bonds is 6. The molecule has 0 saturated carbocycles. The molecule has 1 aliphatic rings. The van der Waals surface area contributed by atoms with Gasteiger partial charge in [0, 0.05) is 37.8 Å². The lowest BCUT2D eigenvalue weighted by atomic mass is 10.1. The van der Waals surface area contributed by atoms with Crippen molar-refractivity contribution in [1.29, 1.82) is 5.41 Å². The Kier molecular flexibility index (Phi) is 6.79. The van der Waals surface area contributed by atoms with Gasteiger partial charge in [0.1, 0.15) is 11.1 Å². The van der Waals surface area contributed by atoms with Gasteiger partial charge in [-0.25, -0.2) is 0 Å². The number of carboxylic acid groups (broad SMARTS) is 1. The molecule has 1 aromatic carbocycles. The maximum atomic E-state index is 12.6. The molecule has 0 radical (unpaired) electrons. The number of aliphatic imine (C=N–C) groups is 1. The molecule has 2 amide bonds. The van der Waals surface area contributed by atoms with Crippen LogP contribution in [-0.4, -0.2) is 75.6 Å². The number of amides is 2. The zero-order valence-electron chi connectivity index (χ0n) is 15.9. The molecule has 10 heteroatoms. The number of benzene rings is 1. The molecule has 0 spiro atoms. The van der Waals surface area contributed by atoms with Gasteiger partial charge in [-0.05, 0) is 19.1 Å².